The molecule has 5 nitrogen and oxygen atoms in total. The second-order valence-corrected chi connectivity index (χ2v) is 9.50. The lowest BCUT2D eigenvalue weighted by Crippen LogP contribution is -2.28. The van der Waals surface area contributed by atoms with E-state index in [-0.39, 0.29) is 17.1 Å². The number of benzene rings is 2. The SMILES string of the molecule is CC(C)(C)c1cc2cc(NC(=O)C3(c4ccc5c(c4)C(=O)CCO5)CC3)ccc2[nH]1. The molecule has 2 N–H and O–H groups in total. The van der Waals surface area contributed by atoms with Gasteiger partial charge in [0.25, 0.3) is 0 Å². The van der Waals surface area contributed by atoms with E-state index in [4.69, 9.17) is 4.74 Å². The van der Waals surface area contributed by atoms with Gasteiger partial charge in [-0.1, -0.05) is 26.8 Å². The number of ketones is 1. The lowest BCUT2D eigenvalue weighted by atomic mass is 9.91. The molecule has 2 aromatic carbocycles. The first-order valence-corrected chi connectivity index (χ1v) is 10.5. The number of carbonyl (C=O) groups excluding carboxylic acids is 2. The summed E-state index contributed by atoms with van der Waals surface area (Å²) in [6, 6.07) is 13.7. The first kappa shape index (κ1) is 18.9. The van der Waals surface area contributed by atoms with Gasteiger partial charge in [-0.15, -0.1) is 0 Å². The summed E-state index contributed by atoms with van der Waals surface area (Å²) in [5, 5.41) is 4.19. The Kier molecular flexibility index (Phi) is 4.07. The number of ether oxygens (including phenoxy) is 1. The maximum atomic E-state index is 13.2. The van der Waals surface area contributed by atoms with Crippen LogP contribution in [0.15, 0.2) is 42.5 Å². The fraction of sp³-hybridized carbons (Fsp3) is 0.360. The highest BCUT2D eigenvalue weighted by Gasteiger charge is 2.51. The highest BCUT2D eigenvalue weighted by molar-refractivity contribution is 6.04. The summed E-state index contributed by atoms with van der Waals surface area (Å²) < 4.78 is 5.58. The molecule has 0 unspecified atom stereocenters. The second-order valence-electron chi connectivity index (χ2n) is 9.50. The monoisotopic (exact) mass is 402 g/mol. The van der Waals surface area contributed by atoms with Gasteiger partial charge in [-0.3, -0.25) is 9.59 Å². The van der Waals surface area contributed by atoms with Crippen LogP contribution in [0.1, 0.15) is 61.6 Å². The van der Waals surface area contributed by atoms with Gasteiger partial charge >= 0.3 is 0 Å². The predicted molar refractivity (Wildman–Crippen MR) is 117 cm³/mol. The molecule has 0 saturated heterocycles. The molecule has 1 aliphatic heterocycles. The minimum absolute atomic E-state index is 0.0162. The van der Waals surface area contributed by atoms with E-state index >= 15 is 0 Å². The number of fused-ring (bicyclic) bond motifs is 2. The van der Waals surface area contributed by atoms with Crippen molar-refractivity contribution in [2.24, 2.45) is 0 Å². The number of amides is 1. The Morgan fingerprint density at radius 3 is 2.63 bits per heavy atom. The number of hydrogen-bond acceptors (Lipinski definition) is 3. The van der Waals surface area contributed by atoms with Gasteiger partial charge in [0.15, 0.2) is 5.78 Å². The molecule has 0 radical (unpaired) electrons. The van der Waals surface area contributed by atoms with Gasteiger partial charge in [0.05, 0.1) is 17.6 Å². The van der Waals surface area contributed by atoms with Crippen molar-refractivity contribution in [1.82, 2.24) is 4.98 Å². The van der Waals surface area contributed by atoms with Crippen LogP contribution in [-0.2, 0) is 15.6 Å². The van der Waals surface area contributed by atoms with Crippen molar-refractivity contribution in [3.8, 4) is 5.75 Å². The largest absolute Gasteiger partial charge is 0.492 e. The molecule has 2 aliphatic rings. The van der Waals surface area contributed by atoms with E-state index < -0.39 is 5.41 Å². The summed E-state index contributed by atoms with van der Waals surface area (Å²) >= 11 is 0. The summed E-state index contributed by atoms with van der Waals surface area (Å²) in [4.78, 5) is 28.9. The van der Waals surface area contributed by atoms with Crippen LogP contribution >= 0.6 is 0 Å². The molecule has 5 rings (SSSR count). The number of Topliss-reactive ketones (excluding diaryl/α,β-unsaturated/α-hetero) is 1. The number of nitrogens with one attached hydrogen (secondary N) is 2. The Balaban J connectivity index is 1.41. The van der Waals surface area contributed by atoms with Crippen LogP contribution in [-0.4, -0.2) is 23.3 Å². The lowest BCUT2D eigenvalue weighted by molar-refractivity contribution is -0.118. The molecule has 1 fully saturated rings. The molecule has 3 aromatic rings. The average Bonchev–Trinajstić information content (AvgIpc) is 3.40. The second kappa shape index (κ2) is 6.46. The topological polar surface area (TPSA) is 71.2 Å². The van der Waals surface area contributed by atoms with Crippen LogP contribution in [0.5, 0.6) is 5.75 Å². The summed E-state index contributed by atoms with van der Waals surface area (Å²) in [6.07, 6.45) is 1.96. The van der Waals surface area contributed by atoms with E-state index in [0.717, 1.165) is 35.0 Å². The Morgan fingerprint density at radius 1 is 1.10 bits per heavy atom. The first-order chi connectivity index (χ1) is 14.3. The fourth-order valence-electron chi connectivity index (χ4n) is 4.20. The molecule has 0 spiro atoms. The van der Waals surface area contributed by atoms with Crippen LogP contribution in [0.4, 0.5) is 5.69 Å². The Hall–Kier alpha value is -3.08. The van der Waals surface area contributed by atoms with Crippen molar-refractivity contribution in [2.75, 3.05) is 11.9 Å². The summed E-state index contributed by atoms with van der Waals surface area (Å²) in [7, 11) is 0. The number of rotatable bonds is 3. The average molecular weight is 402 g/mol. The molecule has 154 valence electrons. The Labute approximate surface area is 175 Å². The van der Waals surface area contributed by atoms with Gasteiger partial charge in [0.2, 0.25) is 5.91 Å². The molecule has 1 aliphatic carbocycles. The third-order valence-electron chi connectivity index (χ3n) is 6.29. The molecule has 1 amide bonds. The predicted octanol–water partition coefficient (Wildman–Crippen LogP) is 5.10. The summed E-state index contributed by atoms with van der Waals surface area (Å²) in [5.41, 5.74) is 3.99. The number of hydrogen-bond donors (Lipinski definition) is 2. The van der Waals surface area contributed by atoms with E-state index in [1.54, 1.807) is 0 Å². The molecule has 1 aromatic heterocycles. The maximum Gasteiger partial charge on any atom is 0.235 e. The number of aromatic amines is 1. The molecule has 1 saturated carbocycles. The van der Waals surface area contributed by atoms with E-state index in [1.165, 1.54) is 5.69 Å². The van der Waals surface area contributed by atoms with Crippen molar-refractivity contribution >= 4 is 28.3 Å². The number of carbonyl (C=O) groups is 2. The van der Waals surface area contributed by atoms with E-state index in [2.05, 4.69) is 37.1 Å². The summed E-state index contributed by atoms with van der Waals surface area (Å²) in [5.74, 6) is 0.693. The number of aromatic nitrogens is 1. The van der Waals surface area contributed by atoms with Crippen LogP contribution in [0.25, 0.3) is 10.9 Å². The number of H-pyrrole nitrogens is 1. The van der Waals surface area contributed by atoms with Gasteiger partial charge in [-0.05, 0) is 54.8 Å². The van der Waals surface area contributed by atoms with E-state index in [1.807, 2.05) is 36.4 Å². The molecule has 5 heteroatoms. The minimum atomic E-state index is -0.559. The van der Waals surface area contributed by atoms with Crippen molar-refractivity contribution in [3.63, 3.8) is 0 Å². The normalized spacial score (nSPS) is 17.4. The molecular weight excluding hydrogens is 376 g/mol. The Morgan fingerprint density at radius 2 is 1.90 bits per heavy atom. The van der Waals surface area contributed by atoms with Gasteiger partial charge in [0.1, 0.15) is 5.75 Å². The van der Waals surface area contributed by atoms with E-state index in [0.29, 0.717) is 24.3 Å². The zero-order chi connectivity index (χ0) is 21.1. The standard InChI is InChI=1S/C25H26N2O3/c1-24(2,3)22-13-15-12-17(5-6-19(15)27-22)26-23(29)25(9-10-25)16-4-7-21-18(14-16)20(28)8-11-30-21/h4-7,12-14,27H,8-11H2,1-3H3,(H,26,29). The third kappa shape index (κ3) is 3.09. The van der Waals surface area contributed by atoms with Crippen LogP contribution in [0.2, 0.25) is 0 Å². The highest BCUT2D eigenvalue weighted by Crippen LogP contribution is 2.50. The lowest BCUT2D eigenvalue weighted by Gasteiger charge is -2.20. The van der Waals surface area contributed by atoms with Gasteiger partial charge in [0, 0.05) is 34.1 Å². The van der Waals surface area contributed by atoms with Crippen molar-refractivity contribution in [1.29, 1.82) is 0 Å². The van der Waals surface area contributed by atoms with Crippen LogP contribution in [0.3, 0.4) is 0 Å². The highest BCUT2D eigenvalue weighted by atomic mass is 16.5. The Bertz CT molecular complexity index is 1180. The quantitative estimate of drug-likeness (QED) is 0.640. The van der Waals surface area contributed by atoms with Crippen LogP contribution < -0.4 is 10.1 Å². The fourth-order valence-corrected chi connectivity index (χ4v) is 4.20. The maximum absolute atomic E-state index is 13.2. The summed E-state index contributed by atoms with van der Waals surface area (Å²) in [6.45, 7) is 6.94. The van der Waals surface area contributed by atoms with E-state index in [9.17, 15) is 9.59 Å². The van der Waals surface area contributed by atoms with Crippen molar-refractivity contribution in [3.05, 3.63) is 59.3 Å². The first-order valence-electron chi connectivity index (χ1n) is 10.5. The molecule has 2 heterocycles. The van der Waals surface area contributed by atoms with Gasteiger partial charge in [-0.2, -0.15) is 0 Å². The smallest absolute Gasteiger partial charge is 0.235 e. The molecule has 0 atom stereocenters. The third-order valence-corrected chi connectivity index (χ3v) is 6.29. The van der Waals surface area contributed by atoms with Gasteiger partial charge < -0.3 is 15.0 Å². The zero-order valence-corrected chi connectivity index (χ0v) is 17.6. The number of anilines is 1. The van der Waals surface area contributed by atoms with Gasteiger partial charge in [-0.25, -0.2) is 0 Å². The molecule has 0 bridgehead atoms. The van der Waals surface area contributed by atoms with Crippen molar-refractivity contribution < 1.29 is 14.3 Å². The van der Waals surface area contributed by atoms with Crippen molar-refractivity contribution in [2.45, 2.75) is 50.9 Å². The minimum Gasteiger partial charge on any atom is -0.492 e. The van der Waals surface area contributed by atoms with Crippen LogP contribution in [0, 0.1) is 0 Å². The zero-order valence-electron chi connectivity index (χ0n) is 17.6. The molecule has 30 heavy (non-hydrogen) atoms. The molecular formula is C25H26N2O3.